The molecule has 0 aliphatic rings. The molecule has 0 saturated heterocycles. The normalized spacial score (nSPS) is 9.94. The van der Waals surface area contributed by atoms with Crippen molar-refractivity contribution in [1.29, 1.82) is 0 Å². The number of carbonyl (C=O) groups excluding carboxylic acids is 1. The van der Waals surface area contributed by atoms with E-state index in [2.05, 4.69) is 15.3 Å². The van der Waals surface area contributed by atoms with Gasteiger partial charge in [-0.3, -0.25) is 9.78 Å². The van der Waals surface area contributed by atoms with Gasteiger partial charge in [0.15, 0.2) is 0 Å². The van der Waals surface area contributed by atoms with E-state index in [9.17, 15) is 4.79 Å². The summed E-state index contributed by atoms with van der Waals surface area (Å²) in [7, 11) is 0. The molecule has 0 bridgehead atoms. The highest BCUT2D eigenvalue weighted by molar-refractivity contribution is 6.02. The van der Waals surface area contributed by atoms with E-state index in [0.29, 0.717) is 17.1 Å². The van der Waals surface area contributed by atoms with Crippen LogP contribution in [0.3, 0.4) is 0 Å². The molecule has 5 heteroatoms. The first-order valence-corrected chi connectivity index (χ1v) is 5.10. The second-order valence-electron chi connectivity index (χ2n) is 3.68. The summed E-state index contributed by atoms with van der Waals surface area (Å²) >= 11 is 0. The van der Waals surface area contributed by atoms with E-state index in [1.54, 1.807) is 24.5 Å². The molecular formula is C12H12N4O. The number of aromatic nitrogens is 2. The fourth-order valence-electron chi connectivity index (χ4n) is 1.36. The van der Waals surface area contributed by atoms with E-state index in [1.807, 2.05) is 13.0 Å². The van der Waals surface area contributed by atoms with Gasteiger partial charge in [0.2, 0.25) is 0 Å². The zero-order chi connectivity index (χ0) is 12.3. The molecule has 1 amide bonds. The van der Waals surface area contributed by atoms with Crippen molar-refractivity contribution in [2.24, 2.45) is 0 Å². The van der Waals surface area contributed by atoms with Crippen molar-refractivity contribution in [1.82, 2.24) is 9.97 Å². The van der Waals surface area contributed by atoms with Crippen LogP contribution in [0.15, 0.2) is 36.8 Å². The van der Waals surface area contributed by atoms with Crippen molar-refractivity contribution in [2.45, 2.75) is 6.92 Å². The van der Waals surface area contributed by atoms with Crippen LogP contribution in [0.5, 0.6) is 0 Å². The number of anilines is 2. The second-order valence-corrected chi connectivity index (χ2v) is 3.68. The van der Waals surface area contributed by atoms with Gasteiger partial charge in [0.1, 0.15) is 5.69 Å². The van der Waals surface area contributed by atoms with Crippen molar-refractivity contribution < 1.29 is 4.79 Å². The van der Waals surface area contributed by atoms with Crippen molar-refractivity contribution >= 4 is 17.3 Å². The first-order chi connectivity index (χ1) is 8.15. The van der Waals surface area contributed by atoms with E-state index >= 15 is 0 Å². The Hall–Kier alpha value is -2.43. The predicted molar refractivity (Wildman–Crippen MR) is 65.6 cm³/mol. The van der Waals surface area contributed by atoms with Gasteiger partial charge in [0.25, 0.3) is 5.91 Å². The zero-order valence-electron chi connectivity index (χ0n) is 9.34. The highest BCUT2D eigenvalue weighted by atomic mass is 16.1. The molecule has 0 saturated carbocycles. The lowest BCUT2D eigenvalue weighted by Gasteiger charge is -2.04. The monoisotopic (exact) mass is 228 g/mol. The number of hydrogen-bond donors (Lipinski definition) is 2. The predicted octanol–water partition coefficient (Wildman–Crippen LogP) is 1.62. The number of nitrogens with two attached hydrogens (primary N) is 1. The van der Waals surface area contributed by atoms with Crippen LogP contribution in [-0.4, -0.2) is 15.9 Å². The molecule has 0 radical (unpaired) electrons. The molecule has 0 unspecified atom stereocenters. The topological polar surface area (TPSA) is 80.9 Å². The van der Waals surface area contributed by atoms with Crippen LogP contribution in [0.1, 0.15) is 16.1 Å². The Morgan fingerprint density at radius 1 is 1.29 bits per heavy atom. The average Bonchev–Trinajstić information content (AvgIpc) is 2.29. The lowest BCUT2D eigenvalue weighted by molar-refractivity contribution is 0.102. The molecule has 5 nitrogen and oxygen atoms in total. The standard InChI is InChI=1S/C12H12N4O/c1-8-4-10(7-14-5-8)16-12(17)11-3-2-9(13)6-15-11/h2-7H,13H2,1H3,(H,16,17). The Kier molecular flexibility index (Phi) is 3.00. The van der Waals surface area contributed by atoms with Gasteiger partial charge in [-0.15, -0.1) is 0 Å². The lowest BCUT2D eigenvalue weighted by atomic mass is 10.3. The summed E-state index contributed by atoms with van der Waals surface area (Å²) in [6, 6.07) is 5.05. The Balaban J connectivity index is 2.14. The number of rotatable bonds is 2. The molecule has 0 aromatic carbocycles. The summed E-state index contributed by atoms with van der Waals surface area (Å²) in [5.74, 6) is -0.280. The third kappa shape index (κ3) is 2.78. The largest absolute Gasteiger partial charge is 0.397 e. The second kappa shape index (κ2) is 4.61. The van der Waals surface area contributed by atoms with Crippen molar-refractivity contribution in [3.63, 3.8) is 0 Å². The first-order valence-electron chi connectivity index (χ1n) is 5.10. The van der Waals surface area contributed by atoms with Gasteiger partial charge in [-0.2, -0.15) is 0 Å². The molecule has 86 valence electrons. The molecule has 0 fully saturated rings. The number of amides is 1. The van der Waals surface area contributed by atoms with Crippen LogP contribution < -0.4 is 11.1 Å². The number of hydrogen-bond acceptors (Lipinski definition) is 4. The smallest absolute Gasteiger partial charge is 0.274 e. The van der Waals surface area contributed by atoms with Gasteiger partial charge in [0, 0.05) is 6.20 Å². The van der Waals surface area contributed by atoms with Crippen LogP contribution in [0.4, 0.5) is 11.4 Å². The molecule has 2 aromatic heterocycles. The van der Waals surface area contributed by atoms with Gasteiger partial charge in [-0.25, -0.2) is 4.98 Å². The lowest BCUT2D eigenvalue weighted by Crippen LogP contribution is -2.13. The molecule has 3 N–H and O–H groups in total. The minimum absolute atomic E-state index is 0.280. The minimum Gasteiger partial charge on any atom is -0.397 e. The molecule has 2 rings (SSSR count). The molecule has 0 spiro atoms. The first kappa shape index (κ1) is 11.1. The molecule has 2 aromatic rings. The van der Waals surface area contributed by atoms with Gasteiger partial charge < -0.3 is 11.1 Å². The number of nitrogens with one attached hydrogen (secondary N) is 1. The van der Waals surface area contributed by atoms with Crippen LogP contribution in [0.25, 0.3) is 0 Å². The van der Waals surface area contributed by atoms with Crippen molar-refractivity contribution in [2.75, 3.05) is 11.1 Å². The molecule has 0 atom stereocenters. The maximum Gasteiger partial charge on any atom is 0.274 e. The number of carbonyl (C=O) groups is 1. The Morgan fingerprint density at radius 3 is 2.76 bits per heavy atom. The molecule has 0 aliphatic heterocycles. The maximum atomic E-state index is 11.8. The Bertz CT molecular complexity index is 536. The van der Waals surface area contributed by atoms with E-state index in [0.717, 1.165) is 5.56 Å². The van der Waals surface area contributed by atoms with Gasteiger partial charge in [0.05, 0.1) is 23.8 Å². The summed E-state index contributed by atoms with van der Waals surface area (Å²) in [6.07, 6.45) is 4.75. The van der Waals surface area contributed by atoms with Gasteiger partial charge in [-0.1, -0.05) is 0 Å². The fraction of sp³-hybridized carbons (Fsp3) is 0.0833. The van der Waals surface area contributed by atoms with E-state index in [1.165, 1.54) is 6.20 Å². The van der Waals surface area contributed by atoms with Crippen LogP contribution in [-0.2, 0) is 0 Å². The van der Waals surface area contributed by atoms with Gasteiger partial charge >= 0.3 is 0 Å². The average molecular weight is 228 g/mol. The quantitative estimate of drug-likeness (QED) is 0.818. The highest BCUT2D eigenvalue weighted by Gasteiger charge is 2.07. The molecule has 2 heterocycles. The maximum absolute atomic E-state index is 11.8. The van der Waals surface area contributed by atoms with E-state index in [-0.39, 0.29) is 5.91 Å². The summed E-state index contributed by atoms with van der Waals surface area (Å²) in [4.78, 5) is 19.7. The SMILES string of the molecule is Cc1cncc(NC(=O)c2ccc(N)cn2)c1. The number of nitrogen functional groups attached to an aromatic ring is 1. The fourth-order valence-corrected chi connectivity index (χ4v) is 1.36. The Labute approximate surface area is 98.7 Å². The number of nitrogens with zero attached hydrogens (tertiary/aromatic N) is 2. The van der Waals surface area contributed by atoms with E-state index < -0.39 is 0 Å². The van der Waals surface area contributed by atoms with Gasteiger partial charge in [-0.05, 0) is 30.7 Å². The van der Waals surface area contributed by atoms with Crippen LogP contribution in [0, 0.1) is 6.92 Å². The van der Waals surface area contributed by atoms with Crippen LogP contribution >= 0.6 is 0 Å². The summed E-state index contributed by atoms with van der Waals surface area (Å²) < 4.78 is 0. The van der Waals surface area contributed by atoms with Crippen molar-refractivity contribution in [3.05, 3.63) is 48.0 Å². The third-order valence-corrected chi connectivity index (χ3v) is 2.15. The molecular weight excluding hydrogens is 216 g/mol. The summed E-state index contributed by atoms with van der Waals surface area (Å²) in [5, 5.41) is 2.71. The third-order valence-electron chi connectivity index (χ3n) is 2.15. The summed E-state index contributed by atoms with van der Waals surface area (Å²) in [6.45, 7) is 1.91. The minimum atomic E-state index is -0.280. The highest BCUT2D eigenvalue weighted by Crippen LogP contribution is 2.09. The number of pyridine rings is 2. The van der Waals surface area contributed by atoms with Crippen molar-refractivity contribution in [3.8, 4) is 0 Å². The number of aryl methyl sites for hydroxylation is 1. The van der Waals surface area contributed by atoms with E-state index in [4.69, 9.17) is 5.73 Å². The summed E-state index contributed by atoms with van der Waals surface area (Å²) in [5.41, 5.74) is 7.97. The zero-order valence-corrected chi connectivity index (χ0v) is 9.34. The van der Waals surface area contributed by atoms with Crippen LogP contribution in [0.2, 0.25) is 0 Å². The molecule has 17 heavy (non-hydrogen) atoms. The Morgan fingerprint density at radius 2 is 2.12 bits per heavy atom. The molecule has 0 aliphatic carbocycles.